The number of hydrogen-bond donors (Lipinski definition) is 3. The molecule has 1 aliphatic rings. The van der Waals surface area contributed by atoms with Crippen LogP contribution in [0, 0.1) is 12.8 Å². The Bertz CT molecular complexity index is 891. The summed E-state index contributed by atoms with van der Waals surface area (Å²) in [6.45, 7) is 6.01. The number of hydrogen-bond acceptors (Lipinski definition) is 6. The second-order valence-electron chi connectivity index (χ2n) is 6.85. The minimum absolute atomic E-state index is 0.0335. The van der Waals surface area contributed by atoms with E-state index in [-0.39, 0.29) is 24.2 Å². The number of carbonyl (C=O) groups excluding carboxylic acids is 2. The van der Waals surface area contributed by atoms with Gasteiger partial charge in [-0.25, -0.2) is 4.98 Å². The SMILES string of the molecule is CCNc1nc(C)cc(NCCNC(=O)C2CC(=O)N(c3cccc(Br)c3)C2)n1. The summed E-state index contributed by atoms with van der Waals surface area (Å²) >= 11 is 3.41. The number of amides is 2. The van der Waals surface area contributed by atoms with E-state index >= 15 is 0 Å². The molecule has 8 nitrogen and oxygen atoms in total. The average Bonchev–Trinajstić information content (AvgIpc) is 3.07. The predicted molar refractivity (Wildman–Crippen MR) is 117 cm³/mol. The summed E-state index contributed by atoms with van der Waals surface area (Å²) < 4.78 is 0.902. The quantitative estimate of drug-likeness (QED) is 0.523. The molecule has 154 valence electrons. The lowest BCUT2D eigenvalue weighted by molar-refractivity contribution is -0.126. The van der Waals surface area contributed by atoms with Crippen molar-refractivity contribution < 1.29 is 9.59 Å². The number of aryl methyl sites for hydroxylation is 1. The molecule has 1 fully saturated rings. The Morgan fingerprint density at radius 2 is 2.07 bits per heavy atom. The van der Waals surface area contributed by atoms with Gasteiger partial charge in [0.05, 0.1) is 5.92 Å². The van der Waals surface area contributed by atoms with Crippen molar-refractivity contribution in [3.05, 3.63) is 40.5 Å². The summed E-state index contributed by atoms with van der Waals surface area (Å²) in [5.41, 5.74) is 1.66. The molecule has 0 spiro atoms. The van der Waals surface area contributed by atoms with Crippen LogP contribution in [-0.4, -0.2) is 48.0 Å². The van der Waals surface area contributed by atoms with Crippen LogP contribution in [0.25, 0.3) is 0 Å². The number of nitrogens with one attached hydrogen (secondary N) is 3. The normalized spacial score (nSPS) is 16.0. The van der Waals surface area contributed by atoms with E-state index in [0.29, 0.717) is 31.4 Å². The molecule has 2 amide bonds. The molecule has 0 radical (unpaired) electrons. The molecule has 29 heavy (non-hydrogen) atoms. The zero-order valence-corrected chi connectivity index (χ0v) is 18.1. The monoisotopic (exact) mass is 460 g/mol. The van der Waals surface area contributed by atoms with Gasteiger partial charge in [0.15, 0.2) is 0 Å². The van der Waals surface area contributed by atoms with Crippen LogP contribution in [0.2, 0.25) is 0 Å². The van der Waals surface area contributed by atoms with Gasteiger partial charge in [0.1, 0.15) is 5.82 Å². The Hall–Kier alpha value is -2.68. The summed E-state index contributed by atoms with van der Waals surface area (Å²) in [5.74, 6) is 0.803. The van der Waals surface area contributed by atoms with Gasteiger partial charge in [-0.2, -0.15) is 4.98 Å². The summed E-state index contributed by atoms with van der Waals surface area (Å²) in [6, 6.07) is 9.39. The fourth-order valence-electron chi connectivity index (χ4n) is 3.19. The zero-order chi connectivity index (χ0) is 20.8. The first kappa shape index (κ1) is 21.0. The van der Waals surface area contributed by atoms with Crippen molar-refractivity contribution in [2.45, 2.75) is 20.3 Å². The van der Waals surface area contributed by atoms with E-state index in [9.17, 15) is 9.59 Å². The number of aromatic nitrogens is 2. The van der Waals surface area contributed by atoms with Gasteiger partial charge in [0, 0.05) is 54.5 Å². The highest BCUT2D eigenvalue weighted by Gasteiger charge is 2.34. The number of benzene rings is 1. The first-order valence-electron chi connectivity index (χ1n) is 9.63. The zero-order valence-electron chi connectivity index (χ0n) is 16.5. The second kappa shape index (κ2) is 9.69. The first-order valence-corrected chi connectivity index (χ1v) is 10.4. The molecule has 3 N–H and O–H groups in total. The standard InChI is InChI=1S/C20H25BrN6O2/c1-3-22-20-25-13(2)9-17(26-20)23-7-8-24-19(29)14-10-18(28)27(12-14)16-6-4-5-15(21)11-16/h4-6,9,11,14H,3,7-8,10,12H2,1-2H3,(H,24,29)(H2,22,23,25,26). The van der Waals surface area contributed by atoms with E-state index in [0.717, 1.165) is 22.4 Å². The maximum atomic E-state index is 12.5. The van der Waals surface area contributed by atoms with Crippen LogP contribution < -0.4 is 20.9 Å². The van der Waals surface area contributed by atoms with Crippen LogP contribution in [-0.2, 0) is 9.59 Å². The van der Waals surface area contributed by atoms with Crippen molar-refractivity contribution in [2.75, 3.05) is 41.7 Å². The summed E-state index contributed by atoms with van der Waals surface area (Å²) in [6.07, 6.45) is 0.225. The van der Waals surface area contributed by atoms with Crippen molar-refractivity contribution in [2.24, 2.45) is 5.92 Å². The van der Waals surface area contributed by atoms with Crippen LogP contribution in [0.3, 0.4) is 0 Å². The topological polar surface area (TPSA) is 99.2 Å². The molecule has 2 aromatic rings. The van der Waals surface area contributed by atoms with Gasteiger partial charge < -0.3 is 20.9 Å². The molecule has 1 atom stereocenters. The van der Waals surface area contributed by atoms with E-state index in [1.807, 2.05) is 44.2 Å². The maximum Gasteiger partial charge on any atom is 0.227 e. The minimum atomic E-state index is -0.344. The lowest BCUT2D eigenvalue weighted by Crippen LogP contribution is -2.35. The number of nitrogens with zero attached hydrogens (tertiary/aromatic N) is 3. The predicted octanol–water partition coefficient (Wildman–Crippen LogP) is 2.56. The molecule has 1 aliphatic heterocycles. The van der Waals surface area contributed by atoms with Crippen LogP contribution in [0.4, 0.5) is 17.5 Å². The van der Waals surface area contributed by atoms with Crippen molar-refractivity contribution >= 4 is 45.2 Å². The molecular formula is C20H25BrN6O2. The van der Waals surface area contributed by atoms with E-state index in [4.69, 9.17) is 0 Å². The fraction of sp³-hybridized carbons (Fsp3) is 0.400. The highest BCUT2D eigenvalue weighted by atomic mass is 79.9. The number of halogens is 1. The first-order chi connectivity index (χ1) is 14.0. The largest absolute Gasteiger partial charge is 0.368 e. The molecular weight excluding hydrogens is 436 g/mol. The molecule has 1 saturated heterocycles. The van der Waals surface area contributed by atoms with Crippen LogP contribution >= 0.6 is 15.9 Å². The van der Waals surface area contributed by atoms with Crippen molar-refractivity contribution in [3.63, 3.8) is 0 Å². The number of rotatable bonds is 8. The molecule has 9 heteroatoms. The molecule has 0 saturated carbocycles. The fourth-order valence-corrected chi connectivity index (χ4v) is 3.58. The third-order valence-electron chi connectivity index (χ3n) is 4.54. The van der Waals surface area contributed by atoms with Gasteiger partial charge in [0.2, 0.25) is 17.8 Å². The number of anilines is 3. The molecule has 3 rings (SSSR count). The van der Waals surface area contributed by atoms with Gasteiger partial charge in [-0.15, -0.1) is 0 Å². The molecule has 0 bridgehead atoms. The molecule has 1 aromatic heterocycles. The molecule has 1 aromatic carbocycles. The van der Waals surface area contributed by atoms with E-state index < -0.39 is 0 Å². The maximum absolute atomic E-state index is 12.5. The molecule has 0 aliphatic carbocycles. The van der Waals surface area contributed by atoms with E-state index in [1.165, 1.54) is 0 Å². The summed E-state index contributed by atoms with van der Waals surface area (Å²) in [5, 5.41) is 9.18. The third-order valence-corrected chi connectivity index (χ3v) is 5.03. The van der Waals surface area contributed by atoms with Crippen LogP contribution in [0.15, 0.2) is 34.8 Å². The Morgan fingerprint density at radius 3 is 2.83 bits per heavy atom. The van der Waals surface area contributed by atoms with Crippen molar-refractivity contribution in [1.29, 1.82) is 0 Å². The Morgan fingerprint density at radius 1 is 1.24 bits per heavy atom. The number of carbonyl (C=O) groups is 2. The average molecular weight is 461 g/mol. The minimum Gasteiger partial charge on any atom is -0.368 e. The Balaban J connectivity index is 1.47. The smallest absolute Gasteiger partial charge is 0.227 e. The van der Waals surface area contributed by atoms with Crippen molar-refractivity contribution in [3.8, 4) is 0 Å². The van der Waals surface area contributed by atoms with E-state index in [2.05, 4.69) is 41.8 Å². The molecule has 2 heterocycles. The van der Waals surface area contributed by atoms with E-state index in [1.54, 1.807) is 4.90 Å². The molecule has 1 unspecified atom stereocenters. The Kier molecular flexibility index (Phi) is 7.03. The van der Waals surface area contributed by atoms with Gasteiger partial charge >= 0.3 is 0 Å². The highest BCUT2D eigenvalue weighted by Crippen LogP contribution is 2.27. The van der Waals surface area contributed by atoms with Crippen molar-refractivity contribution in [1.82, 2.24) is 15.3 Å². The third kappa shape index (κ3) is 5.66. The van der Waals surface area contributed by atoms with Gasteiger partial charge in [-0.05, 0) is 32.0 Å². The second-order valence-corrected chi connectivity index (χ2v) is 7.77. The lowest BCUT2D eigenvalue weighted by atomic mass is 10.1. The highest BCUT2D eigenvalue weighted by molar-refractivity contribution is 9.10. The summed E-state index contributed by atoms with van der Waals surface area (Å²) in [4.78, 5) is 35.2. The van der Waals surface area contributed by atoms with Crippen LogP contribution in [0.5, 0.6) is 0 Å². The van der Waals surface area contributed by atoms with Crippen LogP contribution in [0.1, 0.15) is 19.0 Å². The van der Waals surface area contributed by atoms with Gasteiger partial charge in [-0.3, -0.25) is 9.59 Å². The van der Waals surface area contributed by atoms with Gasteiger partial charge in [-0.1, -0.05) is 22.0 Å². The van der Waals surface area contributed by atoms with Gasteiger partial charge in [0.25, 0.3) is 0 Å². The Labute approximate surface area is 178 Å². The summed E-state index contributed by atoms with van der Waals surface area (Å²) in [7, 11) is 0. The lowest BCUT2D eigenvalue weighted by Gasteiger charge is -2.17.